The molecule has 5 aromatic carbocycles. The fourth-order valence-corrected chi connectivity index (χ4v) is 5.92. The molecule has 0 atom stereocenters. The van der Waals surface area contributed by atoms with Gasteiger partial charge in [-0.15, -0.1) is 0 Å². The molecule has 168 valence electrons. The number of phenolic OH excluding ortho intramolecular Hbond substituents is 2. The second-order valence-corrected chi connectivity index (χ2v) is 9.97. The molecule has 35 heavy (non-hydrogen) atoms. The summed E-state index contributed by atoms with van der Waals surface area (Å²) in [5.41, 5.74) is 6.05. The van der Waals surface area contributed by atoms with Gasteiger partial charge in [-0.1, -0.05) is 19.9 Å². The SMILES string of the molecule is CC(C)c1ccc2c(c1)c1c(O)ccc3c4cc5cc6oc7cc(O)ccc7c6cc5cc4n2c31. The zero-order valence-electron chi connectivity index (χ0n) is 19.3. The van der Waals surface area contributed by atoms with Crippen molar-refractivity contribution < 1.29 is 14.6 Å². The van der Waals surface area contributed by atoms with Crippen LogP contribution >= 0.6 is 0 Å². The van der Waals surface area contributed by atoms with Gasteiger partial charge in [-0.3, -0.25) is 0 Å². The van der Waals surface area contributed by atoms with Crippen molar-refractivity contribution in [1.29, 1.82) is 0 Å². The number of phenols is 2. The molecule has 0 bridgehead atoms. The van der Waals surface area contributed by atoms with Crippen molar-refractivity contribution in [3.8, 4) is 11.5 Å². The van der Waals surface area contributed by atoms with E-state index in [0.717, 1.165) is 65.2 Å². The van der Waals surface area contributed by atoms with Crippen molar-refractivity contribution in [1.82, 2.24) is 4.40 Å². The standard InChI is InChI=1S/C31H21NO3/c1-15(2)16-3-7-25-24(9-16)30-27(34)8-6-21-22-10-18-13-28-23(20-5-4-19(33)14-29(20)35-28)11-17(18)12-26(22)32(25)31(21)30/h3-15,33-34H,1-2H3. The number of hydrogen-bond donors (Lipinski definition) is 2. The number of rotatable bonds is 1. The van der Waals surface area contributed by atoms with Gasteiger partial charge in [0.15, 0.2) is 0 Å². The first-order chi connectivity index (χ1) is 17.0. The van der Waals surface area contributed by atoms with Crippen LogP contribution in [0.3, 0.4) is 0 Å². The second-order valence-electron chi connectivity index (χ2n) is 9.97. The Kier molecular flexibility index (Phi) is 3.33. The molecule has 2 N–H and O–H groups in total. The molecule has 0 amide bonds. The molecule has 0 aliphatic carbocycles. The van der Waals surface area contributed by atoms with Crippen molar-refractivity contribution in [3.63, 3.8) is 0 Å². The highest BCUT2D eigenvalue weighted by Crippen LogP contribution is 2.45. The topological polar surface area (TPSA) is 58.0 Å². The van der Waals surface area contributed by atoms with Crippen LogP contribution in [0.15, 0.2) is 77.2 Å². The Balaban J connectivity index is 1.55. The van der Waals surface area contributed by atoms with E-state index in [0.29, 0.717) is 17.3 Å². The molecule has 0 saturated carbocycles. The number of aromatic nitrogens is 1. The number of aromatic hydroxyl groups is 2. The van der Waals surface area contributed by atoms with Crippen molar-refractivity contribution in [2.24, 2.45) is 0 Å². The van der Waals surface area contributed by atoms with Crippen LogP contribution in [-0.4, -0.2) is 14.6 Å². The van der Waals surface area contributed by atoms with Crippen LogP contribution in [-0.2, 0) is 0 Å². The predicted octanol–water partition coefficient (Wildman–Crippen LogP) is 8.42. The van der Waals surface area contributed by atoms with E-state index in [-0.39, 0.29) is 5.75 Å². The third-order valence-electron chi connectivity index (χ3n) is 7.64. The number of nitrogens with zero attached hydrogens (tertiary/aromatic N) is 1. The number of benzene rings is 5. The van der Waals surface area contributed by atoms with Crippen LogP contribution in [0.1, 0.15) is 25.3 Å². The van der Waals surface area contributed by atoms with E-state index in [4.69, 9.17) is 4.42 Å². The Morgan fingerprint density at radius 2 is 1.43 bits per heavy atom. The summed E-state index contributed by atoms with van der Waals surface area (Å²) < 4.78 is 8.37. The van der Waals surface area contributed by atoms with Crippen LogP contribution in [0.5, 0.6) is 11.5 Å². The first-order valence-electron chi connectivity index (χ1n) is 11.9. The minimum absolute atomic E-state index is 0.198. The van der Waals surface area contributed by atoms with Crippen molar-refractivity contribution in [2.75, 3.05) is 0 Å². The first-order valence-corrected chi connectivity index (χ1v) is 11.9. The Bertz CT molecular complexity index is 2160. The lowest BCUT2D eigenvalue weighted by atomic mass is 9.99. The molecule has 8 rings (SSSR count). The Labute approximate surface area is 199 Å². The van der Waals surface area contributed by atoms with Crippen LogP contribution in [0.25, 0.3) is 70.8 Å². The van der Waals surface area contributed by atoms with Gasteiger partial charge in [0.2, 0.25) is 0 Å². The summed E-state index contributed by atoms with van der Waals surface area (Å²) in [5.74, 6) is 0.929. The summed E-state index contributed by atoms with van der Waals surface area (Å²) in [6.45, 7) is 4.39. The molecule has 0 spiro atoms. The predicted molar refractivity (Wildman–Crippen MR) is 143 cm³/mol. The van der Waals surface area contributed by atoms with Gasteiger partial charge in [-0.05, 0) is 82.9 Å². The molecule has 0 aliphatic rings. The van der Waals surface area contributed by atoms with Gasteiger partial charge in [0.25, 0.3) is 0 Å². The van der Waals surface area contributed by atoms with Gasteiger partial charge < -0.3 is 19.0 Å². The summed E-state index contributed by atoms with van der Waals surface area (Å²) in [6, 6.07) is 24.4. The van der Waals surface area contributed by atoms with Crippen molar-refractivity contribution >= 4 is 70.8 Å². The second kappa shape index (κ2) is 6.16. The lowest BCUT2D eigenvalue weighted by Crippen LogP contribution is -1.87. The molecule has 4 nitrogen and oxygen atoms in total. The highest BCUT2D eigenvalue weighted by molar-refractivity contribution is 6.26. The zero-order valence-corrected chi connectivity index (χ0v) is 19.3. The van der Waals surface area contributed by atoms with E-state index in [1.807, 2.05) is 18.2 Å². The lowest BCUT2D eigenvalue weighted by Gasteiger charge is -2.06. The van der Waals surface area contributed by atoms with Gasteiger partial charge >= 0.3 is 0 Å². The fourth-order valence-electron chi connectivity index (χ4n) is 5.92. The fraction of sp³-hybridized carbons (Fsp3) is 0.0968. The zero-order chi connectivity index (χ0) is 23.6. The molecule has 3 heterocycles. The van der Waals surface area contributed by atoms with Crippen molar-refractivity contribution in [3.05, 3.63) is 78.4 Å². The highest BCUT2D eigenvalue weighted by atomic mass is 16.3. The Morgan fingerprint density at radius 1 is 0.657 bits per heavy atom. The summed E-state index contributed by atoms with van der Waals surface area (Å²) in [6.07, 6.45) is 0. The molecular formula is C31H21NO3. The van der Waals surface area contributed by atoms with E-state index in [2.05, 4.69) is 60.7 Å². The van der Waals surface area contributed by atoms with E-state index in [1.54, 1.807) is 12.1 Å². The Morgan fingerprint density at radius 3 is 2.29 bits per heavy atom. The molecule has 0 fully saturated rings. The van der Waals surface area contributed by atoms with Gasteiger partial charge in [-0.25, -0.2) is 0 Å². The van der Waals surface area contributed by atoms with Gasteiger partial charge in [0.05, 0.1) is 21.9 Å². The van der Waals surface area contributed by atoms with Crippen LogP contribution in [0.2, 0.25) is 0 Å². The monoisotopic (exact) mass is 455 g/mol. The quantitative estimate of drug-likeness (QED) is 0.261. The van der Waals surface area contributed by atoms with E-state index < -0.39 is 0 Å². The van der Waals surface area contributed by atoms with E-state index in [9.17, 15) is 10.2 Å². The smallest absolute Gasteiger partial charge is 0.139 e. The van der Waals surface area contributed by atoms with Gasteiger partial charge in [0.1, 0.15) is 22.7 Å². The maximum absolute atomic E-state index is 10.9. The molecule has 0 saturated heterocycles. The molecule has 0 unspecified atom stereocenters. The van der Waals surface area contributed by atoms with Gasteiger partial charge in [0, 0.05) is 33.0 Å². The van der Waals surface area contributed by atoms with E-state index in [1.165, 1.54) is 5.56 Å². The average Bonchev–Trinajstić information content (AvgIpc) is 3.46. The molecule has 3 aromatic heterocycles. The molecule has 0 aliphatic heterocycles. The number of fused-ring (bicyclic) bond motifs is 10. The van der Waals surface area contributed by atoms with Gasteiger partial charge in [-0.2, -0.15) is 0 Å². The molecule has 8 aromatic rings. The summed E-state index contributed by atoms with van der Waals surface area (Å²) in [4.78, 5) is 0. The minimum atomic E-state index is 0.198. The first kappa shape index (κ1) is 18.9. The average molecular weight is 456 g/mol. The summed E-state index contributed by atoms with van der Waals surface area (Å²) in [7, 11) is 0. The molecule has 4 heteroatoms. The van der Waals surface area contributed by atoms with Crippen LogP contribution in [0, 0.1) is 0 Å². The largest absolute Gasteiger partial charge is 0.508 e. The number of furan rings is 1. The molecule has 0 radical (unpaired) electrons. The van der Waals surface area contributed by atoms with Crippen molar-refractivity contribution in [2.45, 2.75) is 19.8 Å². The third kappa shape index (κ3) is 2.31. The summed E-state index contributed by atoms with van der Waals surface area (Å²) >= 11 is 0. The molecular weight excluding hydrogens is 434 g/mol. The normalized spacial score (nSPS) is 12.8. The Hall–Kier alpha value is -4.44. The maximum Gasteiger partial charge on any atom is 0.139 e. The lowest BCUT2D eigenvalue weighted by molar-refractivity contribution is 0.475. The highest BCUT2D eigenvalue weighted by Gasteiger charge is 2.21. The third-order valence-corrected chi connectivity index (χ3v) is 7.64. The van der Waals surface area contributed by atoms with Crippen LogP contribution in [0.4, 0.5) is 0 Å². The number of hydrogen-bond acceptors (Lipinski definition) is 3. The minimum Gasteiger partial charge on any atom is -0.508 e. The maximum atomic E-state index is 10.9. The van der Waals surface area contributed by atoms with E-state index >= 15 is 0 Å². The summed E-state index contributed by atoms with van der Waals surface area (Å²) in [5, 5.41) is 29.3. The van der Waals surface area contributed by atoms with Crippen LogP contribution < -0.4 is 0 Å².